The number of nitrogens with one attached hydrogen (secondary N) is 2. The van der Waals surface area contributed by atoms with Crippen molar-refractivity contribution < 1.29 is 13.2 Å². The second-order valence-corrected chi connectivity index (χ2v) is 5.91. The van der Waals surface area contributed by atoms with Crippen molar-refractivity contribution in [2.45, 2.75) is 18.8 Å². The quantitative estimate of drug-likeness (QED) is 0.792. The van der Waals surface area contributed by atoms with Gasteiger partial charge in [0.25, 0.3) is 5.91 Å². The first kappa shape index (κ1) is 11.8. The lowest BCUT2D eigenvalue weighted by Gasteiger charge is -2.04. The van der Waals surface area contributed by atoms with Gasteiger partial charge in [0.15, 0.2) is 0 Å². The van der Waals surface area contributed by atoms with Gasteiger partial charge in [-0.05, 0) is 24.8 Å². The number of sulfonamides is 1. The summed E-state index contributed by atoms with van der Waals surface area (Å²) in [6, 6.07) is 2.62. The summed E-state index contributed by atoms with van der Waals surface area (Å²) in [6.07, 6.45) is 2.85. The molecule has 0 atom stereocenters. The Balaban J connectivity index is 2.32. The van der Waals surface area contributed by atoms with Crippen LogP contribution in [-0.2, 0) is 10.0 Å². The second kappa shape index (κ2) is 3.99. The first-order chi connectivity index (χ1) is 7.85. The van der Waals surface area contributed by atoms with Crippen molar-refractivity contribution in [3.8, 4) is 0 Å². The zero-order valence-electron chi connectivity index (χ0n) is 9.19. The summed E-state index contributed by atoms with van der Waals surface area (Å²) in [5, 5.41) is 0. The maximum absolute atomic E-state index is 11.6. The molecule has 0 bridgehead atoms. The van der Waals surface area contributed by atoms with Crippen LogP contribution in [0.4, 0.5) is 0 Å². The molecule has 0 radical (unpaired) electrons. The predicted molar refractivity (Wildman–Crippen MR) is 61.3 cm³/mol. The third-order valence-electron chi connectivity index (χ3n) is 2.42. The van der Waals surface area contributed by atoms with Crippen molar-refractivity contribution in [3.63, 3.8) is 0 Å². The lowest BCUT2D eigenvalue weighted by Crippen LogP contribution is -2.30. The highest BCUT2D eigenvalue weighted by Gasteiger charge is 2.25. The van der Waals surface area contributed by atoms with E-state index >= 15 is 0 Å². The molecule has 2 rings (SSSR count). The maximum Gasteiger partial charge on any atom is 0.264 e. The first-order valence-corrected chi connectivity index (χ1v) is 7.01. The molecule has 0 unspecified atom stereocenters. The molecule has 6 nitrogen and oxygen atoms in total. The van der Waals surface area contributed by atoms with Crippen molar-refractivity contribution in [3.05, 3.63) is 33.7 Å². The van der Waals surface area contributed by atoms with Gasteiger partial charge < -0.3 is 4.98 Å². The minimum Gasteiger partial charge on any atom is -0.326 e. The average Bonchev–Trinajstić information content (AvgIpc) is 2.96. The fourth-order valence-corrected chi connectivity index (χ4v) is 1.99. The second-order valence-electron chi connectivity index (χ2n) is 4.17. The van der Waals surface area contributed by atoms with Crippen LogP contribution in [0.15, 0.2) is 16.9 Å². The third-order valence-corrected chi connectivity index (χ3v) is 2.98. The van der Waals surface area contributed by atoms with Crippen molar-refractivity contribution in [2.75, 3.05) is 6.26 Å². The Morgan fingerprint density at radius 2 is 2.06 bits per heavy atom. The summed E-state index contributed by atoms with van der Waals surface area (Å²) < 4.78 is 23.7. The standard InChI is InChI=1S/C10H12N2O4S/c1-17(15,16)12-10(14)7-4-8(6-2-3-6)11-9(13)5-7/h4-6H,2-3H2,1H3,(H,11,13)(H,12,14). The number of aromatic amines is 1. The van der Waals surface area contributed by atoms with Crippen molar-refractivity contribution in [2.24, 2.45) is 0 Å². The molecule has 1 aliphatic rings. The van der Waals surface area contributed by atoms with E-state index in [1.807, 2.05) is 4.72 Å². The Morgan fingerprint density at radius 1 is 1.41 bits per heavy atom. The minimum atomic E-state index is -3.61. The van der Waals surface area contributed by atoms with E-state index in [0.29, 0.717) is 5.69 Å². The molecular formula is C10H12N2O4S. The molecule has 0 saturated heterocycles. The highest BCUT2D eigenvalue weighted by Crippen LogP contribution is 2.38. The fourth-order valence-electron chi connectivity index (χ4n) is 1.54. The van der Waals surface area contributed by atoms with Crippen molar-refractivity contribution in [1.29, 1.82) is 0 Å². The smallest absolute Gasteiger partial charge is 0.264 e. The molecular weight excluding hydrogens is 244 g/mol. The van der Waals surface area contributed by atoms with E-state index in [2.05, 4.69) is 4.98 Å². The van der Waals surface area contributed by atoms with Crippen molar-refractivity contribution in [1.82, 2.24) is 9.71 Å². The summed E-state index contributed by atoms with van der Waals surface area (Å²) in [7, 11) is -3.61. The fraction of sp³-hybridized carbons (Fsp3) is 0.400. The molecule has 1 aromatic heterocycles. The Bertz CT molecular complexity index is 613. The summed E-state index contributed by atoms with van der Waals surface area (Å²) in [5.41, 5.74) is 0.366. The van der Waals surface area contributed by atoms with E-state index in [4.69, 9.17) is 0 Å². The zero-order valence-corrected chi connectivity index (χ0v) is 10.0. The van der Waals surface area contributed by atoms with E-state index in [0.717, 1.165) is 25.2 Å². The Morgan fingerprint density at radius 3 is 2.59 bits per heavy atom. The van der Waals surface area contributed by atoms with Crippen LogP contribution in [0.1, 0.15) is 34.8 Å². The van der Waals surface area contributed by atoms with Crippen LogP contribution in [0.25, 0.3) is 0 Å². The number of pyridine rings is 1. The van der Waals surface area contributed by atoms with E-state index < -0.39 is 21.5 Å². The molecule has 0 aromatic carbocycles. The van der Waals surface area contributed by atoms with Gasteiger partial charge in [-0.15, -0.1) is 0 Å². The highest BCUT2D eigenvalue weighted by molar-refractivity contribution is 7.89. The van der Waals surface area contributed by atoms with E-state index in [1.165, 1.54) is 6.07 Å². The van der Waals surface area contributed by atoms with E-state index in [9.17, 15) is 18.0 Å². The molecule has 1 amide bonds. The van der Waals surface area contributed by atoms with Gasteiger partial charge in [0.1, 0.15) is 0 Å². The molecule has 1 fully saturated rings. The average molecular weight is 256 g/mol. The monoisotopic (exact) mass is 256 g/mol. The van der Waals surface area contributed by atoms with Crippen LogP contribution < -0.4 is 10.3 Å². The number of hydrogen-bond acceptors (Lipinski definition) is 4. The normalized spacial score (nSPS) is 15.6. The van der Waals surface area contributed by atoms with Gasteiger partial charge in [-0.25, -0.2) is 13.1 Å². The molecule has 1 aliphatic carbocycles. The number of H-pyrrole nitrogens is 1. The van der Waals surface area contributed by atoms with Gasteiger partial charge >= 0.3 is 0 Å². The Kier molecular flexibility index (Phi) is 2.78. The number of aromatic nitrogens is 1. The molecule has 92 valence electrons. The SMILES string of the molecule is CS(=O)(=O)NC(=O)c1cc(C2CC2)[nH]c(=O)c1. The number of carbonyl (C=O) groups excluding carboxylic acids is 1. The topological polar surface area (TPSA) is 96.1 Å². The van der Waals surface area contributed by atoms with Gasteiger partial charge in [-0.3, -0.25) is 9.59 Å². The molecule has 0 aliphatic heterocycles. The van der Waals surface area contributed by atoms with Gasteiger partial charge in [0.05, 0.1) is 6.26 Å². The zero-order chi connectivity index (χ0) is 12.6. The molecule has 1 aromatic rings. The molecule has 2 N–H and O–H groups in total. The van der Waals surface area contributed by atoms with Crippen LogP contribution in [0, 0.1) is 0 Å². The van der Waals surface area contributed by atoms with Gasteiger partial charge in [-0.2, -0.15) is 0 Å². The molecule has 1 saturated carbocycles. The third kappa shape index (κ3) is 3.16. The van der Waals surface area contributed by atoms with Gasteiger partial charge in [-0.1, -0.05) is 0 Å². The van der Waals surface area contributed by atoms with Crippen LogP contribution >= 0.6 is 0 Å². The van der Waals surface area contributed by atoms with Crippen LogP contribution in [0.5, 0.6) is 0 Å². The highest BCUT2D eigenvalue weighted by atomic mass is 32.2. The van der Waals surface area contributed by atoms with Crippen LogP contribution in [0.2, 0.25) is 0 Å². The number of hydrogen-bond donors (Lipinski definition) is 2. The number of rotatable bonds is 3. The lowest BCUT2D eigenvalue weighted by atomic mass is 10.2. The largest absolute Gasteiger partial charge is 0.326 e. The minimum absolute atomic E-state index is 0.0704. The first-order valence-electron chi connectivity index (χ1n) is 5.11. The van der Waals surface area contributed by atoms with Crippen LogP contribution in [-0.4, -0.2) is 25.6 Å². The molecule has 17 heavy (non-hydrogen) atoms. The lowest BCUT2D eigenvalue weighted by molar-refractivity contribution is 0.0981. The van der Waals surface area contributed by atoms with Gasteiger partial charge in [0, 0.05) is 17.3 Å². The van der Waals surface area contributed by atoms with E-state index in [1.54, 1.807) is 0 Å². The number of amides is 1. The molecule has 0 spiro atoms. The summed E-state index contributed by atoms with van der Waals surface area (Å²) >= 11 is 0. The Hall–Kier alpha value is -1.63. The molecule has 1 heterocycles. The molecule has 7 heteroatoms. The van der Waals surface area contributed by atoms with E-state index in [-0.39, 0.29) is 11.5 Å². The Labute approximate surface area is 98.1 Å². The predicted octanol–water partition coefficient (Wildman–Crippen LogP) is -0.0583. The van der Waals surface area contributed by atoms with Crippen LogP contribution in [0.3, 0.4) is 0 Å². The summed E-state index contributed by atoms with van der Waals surface area (Å²) in [6.45, 7) is 0. The maximum atomic E-state index is 11.6. The van der Waals surface area contributed by atoms with Crippen molar-refractivity contribution >= 4 is 15.9 Å². The summed E-state index contributed by atoms with van der Waals surface area (Å²) in [4.78, 5) is 25.5. The number of carbonyl (C=O) groups is 1. The van der Waals surface area contributed by atoms with Gasteiger partial charge in [0.2, 0.25) is 15.6 Å². The summed E-state index contributed by atoms with van der Waals surface area (Å²) in [5.74, 6) is -0.491.